The Morgan fingerprint density at radius 1 is 1.13 bits per heavy atom. The Bertz CT molecular complexity index is 515. The van der Waals surface area contributed by atoms with Gasteiger partial charge in [-0.25, -0.2) is 0 Å². The van der Waals surface area contributed by atoms with Gasteiger partial charge in [-0.3, -0.25) is 9.79 Å². The molecule has 0 aliphatic carbocycles. The third-order valence-electron chi connectivity index (χ3n) is 3.21. The summed E-state index contributed by atoms with van der Waals surface area (Å²) in [6.07, 6.45) is 2.09. The van der Waals surface area contributed by atoms with Crippen LogP contribution in [0.25, 0.3) is 0 Å². The maximum Gasteiger partial charge on any atom is 0.251 e. The van der Waals surface area contributed by atoms with Crippen LogP contribution in [0.4, 0.5) is 0 Å². The molecule has 0 atom stereocenters. The maximum atomic E-state index is 11.9. The lowest BCUT2D eigenvalue weighted by molar-refractivity contribution is 0.0953. The molecule has 0 fully saturated rings. The Morgan fingerprint density at radius 2 is 1.78 bits per heavy atom. The fourth-order valence-electron chi connectivity index (χ4n) is 1.97. The summed E-state index contributed by atoms with van der Waals surface area (Å²) in [5.74, 6) is 0.752. The number of carbonyl (C=O) groups excluding carboxylic acids is 1. The van der Waals surface area contributed by atoms with E-state index < -0.39 is 0 Å². The van der Waals surface area contributed by atoms with E-state index >= 15 is 0 Å². The van der Waals surface area contributed by atoms with E-state index in [0.29, 0.717) is 12.1 Å². The molecule has 0 spiro atoms. The third kappa shape index (κ3) is 7.68. The first kappa shape index (κ1) is 19.0. The van der Waals surface area contributed by atoms with E-state index in [1.807, 2.05) is 24.3 Å². The number of benzene rings is 1. The predicted octanol–water partition coefficient (Wildman–Crippen LogP) is 2.68. The zero-order chi connectivity index (χ0) is 17.3. The first-order valence-corrected chi connectivity index (χ1v) is 8.21. The van der Waals surface area contributed by atoms with Gasteiger partial charge >= 0.3 is 0 Å². The summed E-state index contributed by atoms with van der Waals surface area (Å²) in [5.41, 5.74) is 1.76. The molecule has 0 bridgehead atoms. The van der Waals surface area contributed by atoms with E-state index in [2.05, 4.69) is 48.6 Å². The first-order valence-electron chi connectivity index (χ1n) is 8.21. The Kier molecular flexibility index (Phi) is 7.59. The summed E-state index contributed by atoms with van der Waals surface area (Å²) in [6.45, 7) is 9.76. The molecule has 1 rings (SSSR count). The second kappa shape index (κ2) is 9.18. The van der Waals surface area contributed by atoms with Crippen LogP contribution in [0.5, 0.6) is 0 Å². The second-order valence-corrected chi connectivity index (χ2v) is 6.61. The van der Waals surface area contributed by atoms with Gasteiger partial charge in [0.1, 0.15) is 0 Å². The predicted molar refractivity (Wildman–Crippen MR) is 96.8 cm³/mol. The molecule has 1 aromatic rings. The van der Waals surface area contributed by atoms with Crippen molar-refractivity contribution in [2.24, 2.45) is 4.99 Å². The fraction of sp³-hybridized carbons (Fsp3) is 0.556. The molecular formula is C18H30N4O. The Balaban J connectivity index is 2.52. The van der Waals surface area contributed by atoms with Crippen LogP contribution < -0.4 is 16.0 Å². The maximum absolute atomic E-state index is 11.9. The van der Waals surface area contributed by atoms with Crippen molar-refractivity contribution in [3.05, 3.63) is 35.4 Å². The summed E-state index contributed by atoms with van der Waals surface area (Å²) in [5, 5.41) is 9.50. The first-order chi connectivity index (χ1) is 10.9. The van der Waals surface area contributed by atoms with Gasteiger partial charge in [0.15, 0.2) is 5.96 Å². The number of amides is 1. The van der Waals surface area contributed by atoms with Crippen molar-refractivity contribution in [3.63, 3.8) is 0 Å². The molecule has 0 radical (unpaired) electrons. The summed E-state index contributed by atoms with van der Waals surface area (Å²) >= 11 is 0. The number of carbonyl (C=O) groups is 1. The lowest BCUT2D eigenvalue weighted by Crippen LogP contribution is -2.47. The van der Waals surface area contributed by atoms with Gasteiger partial charge < -0.3 is 16.0 Å². The second-order valence-electron chi connectivity index (χ2n) is 6.61. The lowest BCUT2D eigenvalue weighted by atomic mass is 10.1. The molecule has 1 amide bonds. The Hall–Kier alpha value is -2.04. The van der Waals surface area contributed by atoms with Gasteiger partial charge in [-0.15, -0.1) is 0 Å². The molecule has 0 saturated carbocycles. The number of guanidine groups is 1. The molecule has 0 aromatic heterocycles. The van der Waals surface area contributed by atoms with Crippen LogP contribution in [-0.2, 0) is 6.54 Å². The van der Waals surface area contributed by atoms with Crippen LogP contribution in [0.15, 0.2) is 29.3 Å². The van der Waals surface area contributed by atoms with Gasteiger partial charge in [-0.2, -0.15) is 0 Å². The molecule has 5 nitrogen and oxygen atoms in total. The number of nitrogens with one attached hydrogen (secondary N) is 3. The van der Waals surface area contributed by atoms with E-state index in [4.69, 9.17) is 0 Å². The third-order valence-corrected chi connectivity index (χ3v) is 3.21. The largest absolute Gasteiger partial charge is 0.352 e. The van der Waals surface area contributed by atoms with E-state index in [-0.39, 0.29) is 11.4 Å². The molecule has 0 unspecified atom stereocenters. The summed E-state index contributed by atoms with van der Waals surface area (Å²) in [6, 6.07) is 7.65. The molecule has 3 N–H and O–H groups in total. The smallest absolute Gasteiger partial charge is 0.251 e. The van der Waals surface area contributed by atoms with E-state index in [0.717, 1.165) is 30.9 Å². The van der Waals surface area contributed by atoms with E-state index in [1.165, 1.54) is 0 Å². The number of unbranched alkanes of at least 4 members (excludes halogenated alkanes) is 1. The Morgan fingerprint density at radius 3 is 2.30 bits per heavy atom. The zero-order valence-corrected chi connectivity index (χ0v) is 15.0. The van der Waals surface area contributed by atoms with Crippen LogP contribution in [0.2, 0.25) is 0 Å². The van der Waals surface area contributed by atoms with Gasteiger partial charge in [0.25, 0.3) is 5.91 Å². The molecule has 1 aromatic carbocycles. The van der Waals surface area contributed by atoms with Crippen molar-refractivity contribution in [3.8, 4) is 0 Å². The minimum Gasteiger partial charge on any atom is -0.352 e. The SMILES string of the molecule is CCCCNC(=O)c1ccc(CNC(=NC)NC(C)(C)C)cc1. The summed E-state index contributed by atoms with van der Waals surface area (Å²) in [4.78, 5) is 16.2. The van der Waals surface area contributed by atoms with E-state index in [1.54, 1.807) is 7.05 Å². The Labute approximate surface area is 140 Å². The van der Waals surface area contributed by atoms with Gasteiger partial charge in [0.2, 0.25) is 0 Å². The minimum absolute atomic E-state index is 0.0110. The highest BCUT2D eigenvalue weighted by atomic mass is 16.1. The summed E-state index contributed by atoms with van der Waals surface area (Å²) < 4.78 is 0. The molecular weight excluding hydrogens is 288 g/mol. The van der Waals surface area contributed by atoms with Gasteiger partial charge in [0.05, 0.1) is 0 Å². The zero-order valence-electron chi connectivity index (χ0n) is 15.0. The molecule has 0 saturated heterocycles. The van der Waals surface area contributed by atoms with E-state index in [9.17, 15) is 4.79 Å². The number of hydrogen-bond donors (Lipinski definition) is 3. The molecule has 23 heavy (non-hydrogen) atoms. The lowest BCUT2D eigenvalue weighted by Gasteiger charge is -2.23. The standard InChI is InChI=1S/C18H30N4O/c1-6-7-12-20-16(23)15-10-8-14(9-11-15)13-21-17(19-5)22-18(2,3)4/h8-11H,6-7,12-13H2,1-5H3,(H,20,23)(H2,19,21,22). The van der Waals surface area contributed by atoms with Crippen molar-refractivity contribution in [2.75, 3.05) is 13.6 Å². The summed E-state index contributed by atoms with van der Waals surface area (Å²) in [7, 11) is 1.75. The highest BCUT2D eigenvalue weighted by molar-refractivity contribution is 5.94. The highest BCUT2D eigenvalue weighted by Gasteiger charge is 2.11. The number of aliphatic imine (C=N–C) groups is 1. The highest BCUT2D eigenvalue weighted by Crippen LogP contribution is 2.05. The molecule has 0 aliphatic rings. The van der Waals surface area contributed by atoms with Crippen molar-refractivity contribution in [1.29, 1.82) is 0 Å². The van der Waals surface area contributed by atoms with Crippen LogP contribution in [0.1, 0.15) is 56.5 Å². The van der Waals surface area contributed by atoms with Crippen LogP contribution >= 0.6 is 0 Å². The molecule has 0 aliphatic heterocycles. The average molecular weight is 318 g/mol. The van der Waals surface area contributed by atoms with Crippen molar-refractivity contribution in [1.82, 2.24) is 16.0 Å². The number of hydrogen-bond acceptors (Lipinski definition) is 2. The van der Waals surface area contributed by atoms with Gasteiger partial charge in [-0.05, 0) is 44.9 Å². The molecule has 0 heterocycles. The molecule has 5 heteroatoms. The van der Waals surface area contributed by atoms with Crippen molar-refractivity contribution < 1.29 is 4.79 Å². The van der Waals surface area contributed by atoms with Crippen LogP contribution in [0.3, 0.4) is 0 Å². The van der Waals surface area contributed by atoms with Crippen LogP contribution in [0, 0.1) is 0 Å². The molecule has 128 valence electrons. The van der Waals surface area contributed by atoms with Gasteiger partial charge in [0, 0.05) is 31.2 Å². The average Bonchev–Trinajstić information content (AvgIpc) is 2.51. The van der Waals surface area contributed by atoms with Crippen molar-refractivity contribution >= 4 is 11.9 Å². The quantitative estimate of drug-likeness (QED) is 0.429. The normalized spacial score (nSPS) is 12.0. The van der Waals surface area contributed by atoms with Gasteiger partial charge in [-0.1, -0.05) is 25.5 Å². The monoisotopic (exact) mass is 318 g/mol. The number of rotatable bonds is 6. The fourth-order valence-corrected chi connectivity index (χ4v) is 1.97. The van der Waals surface area contributed by atoms with Crippen molar-refractivity contribution in [2.45, 2.75) is 52.6 Å². The minimum atomic E-state index is -0.0394. The number of nitrogens with zero attached hydrogens (tertiary/aromatic N) is 1. The van der Waals surface area contributed by atoms with Crippen LogP contribution in [-0.4, -0.2) is 31.0 Å². The topological polar surface area (TPSA) is 65.5 Å².